The van der Waals surface area contributed by atoms with Gasteiger partial charge in [0.1, 0.15) is 11.5 Å². The van der Waals surface area contributed by atoms with Crippen molar-refractivity contribution >= 4 is 17.5 Å². The van der Waals surface area contributed by atoms with E-state index in [2.05, 4.69) is 10.6 Å². The first-order chi connectivity index (χ1) is 15.8. The fourth-order valence-corrected chi connectivity index (χ4v) is 2.79. The summed E-state index contributed by atoms with van der Waals surface area (Å²) in [5.74, 6) is -0.0433. The topological polar surface area (TPSA) is 89.8 Å². The molecule has 0 spiro atoms. The van der Waals surface area contributed by atoms with Gasteiger partial charge < -0.3 is 24.5 Å². The lowest BCUT2D eigenvalue weighted by Crippen LogP contribution is -2.27. The van der Waals surface area contributed by atoms with Crippen molar-refractivity contribution in [2.75, 3.05) is 18.5 Å². The highest BCUT2D eigenvalue weighted by Gasteiger charge is 2.31. The van der Waals surface area contributed by atoms with Crippen LogP contribution in [0.3, 0.4) is 0 Å². The average molecular weight is 462 g/mol. The van der Waals surface area contributed by atoms with Crippen LogP contribution in [0, 0.1) is 0 Å². The number of benzene rings is 2. The zero-order valence-corrected chi connectivity index (χ0v) is 17.6. The second-order valence-electron chi connectivity index (χ2n) is 6.75. The normalized spacial score (nSPS) is 11.0. The monoisotopic (exact) mass is 462 g/mol. The lowest BCUT2D eigenvalue weighted by molar-refractivity contribution is -0.137. The van der Waals surface area contributed by atoms with Crippen molar-refractivity contribution in [3.05, 3.63) is 72.2 Å². The number of carbonyl (C=O) groups is 2. The Morgan fingerprint density at radius 3 is 2.39 bits per heavy atom. The summed E-state index contributed by atoms with van der Waals surface area (Å²) in [6.07, 6.45) is -3.44. The Morgan fingerprint density at radius 1 is 1.03 bits per heavy atom. The number of amides is 2. The van der Waals surface area contributed by atoms with E-state index in [-0.39, 0.29) is 30.2 Å². The first kappa shape index (κ1) is 23.7. The first-order valence-electron chi connectivity index (χ1n) is 10.00. The molecule has 0 bridgehead atoms. The van der Waals surface area contributed by atoms with Crippen LogP contribution in [0.4, 0.5) is 18.9 Å². The average Bonchev–Trinajstić information content (AvgIpc) is 3.31. The second kappa shape index (κ2) is 10.6. The van der Waals surface area contributed by atoms with Gasteiger partial charge in [-0.15, -0.1) is 0 Å². The van der Waals surface area contributed by atoms with E-state index in [0.717, 1.165) is 18.2 Å². The minimum absolute atomic E-state index is 0.0279. The summed E-state index contributed by atoms with van der Waals surface area (Å²) >= 11 is 0. The molecule has 10 heteroatoms. The van der Waals surface area contributed by atoms with Crippen molar-refractivity contribution in [3.63, 3.8) is 0 Å². The van der Waals surface area contributed by atoms with Crippen molar-refractivity contribution in [3.8, 4) is 17.2 Å². The zero-order valence-electron chi connectivity index (χ0n) is 17.6. The highest BCUT2D eigenvalue weighted by atomic mass is 19.4. The fourth-order valence-electron chi connectivity index (χ4n) is 2.79. The van der Waals surface area contributed by atoms with Crippen LogP contribution in [0.25, 0.3) is 0 Å². The first-order valence-corrected chi connectivity index (χ1v) is 10.00. The molecule has 33 heavy (non-hydrogen) atoms. The predicted molar refractivity (Wildman–Crippen MR) is 113 cm³/mol. The van der Waals surface area contributed by atoms with E-state index in [1.165, 1.54) is 12.3 Å². The molecule has 3 rings (SSSR count). The minimum atomic E-state index is -4.60. The summed E-state index contributed by atoms with van der Waals surface area (Å²) in [6.45, 7) is 2.28. The molecular formula is C23H21F3N2O5. The van der Waals surface area contributed by atoms with Crippen molar-refractivity contribution in [1.29, 1.82) is 0 Å². The number of alkyl halides is 3. The molecule has 2 amide bonds. The molecular weight excluding hydrogens is 441 g/mol. The third-order valence-corrected chi connectivity index (χ3v) is 4.33. The number of hydrogen-bond donors (Lipinski definition) is 2. The number of halogens is 3. The van der Waals surface area contributed by atoms with E-state index in [1.54, 1.807) is 30.3 Å². The number of rotatable bonds is 9. The molecule has 0 aliphatic heterocycles. The number of anilines is 1. The largest absolute Gasteiger partial charge is 0.494 e. The maximum Gasteiger partial charge on any atom is 0.416 e. The van der Waals surface area contributed by atoms with Gasteiger partial charge in [0, 0.05) is 13.0 Å². The maximum absolute atomic E-state index is 13.2. The Labute approximate surface area is 187 Å². The molecule has 0 atom stereocenters. The molecule has 1 aromatic heterocycles. The lowest BCUT2D eigenvalue weighted by atomic mass is 10.1. The Bertz CT molecular complexity index is 1080. The van der Waals surface area contributed by atoms with Gasteiger partial charge in [-0.3, -0.25) is 9.59 Å². The summed E-state index contributed by atoms with van der Waals surface area (Å²) < 4.78 is 55.5. The smallest absolute Gasteiger partial charge is 0.416 e. The number of carbonyl (C=O) groups excluding carboxylic acids is 2. The van der Waals surface area contributed by atoms with Gasteiger partial charge in [0.15, 0.2) is 11.5 Å². The molecule has 2 aromatic carbocycles. The van der Waals surface area contributed by atoms with E-state index in [0.29, 0.717) is 18.1 Å². The third kappa shape index (κ3) is 6.76. The predicted octanol–water partition coefficient (Wildman–Crippen LogP) is 5.25. The molecule has 0 radical (unpaired) electrons. The van der Waals surface area contributed by atoms with E-state index in [4.69, 9.17) is 13.9 Å². The van der Waals surface area contributed by atoms with Gasteiger partial charge in [0.25, 0.3) is 5.91 Å². The molecule has 0 aliphatic carbocycles. The summed E-state index contributed by atoms with van der Waals surface area (Å²) in [7, 11) is 0. The Kier molecular flexibility index (Phi) is 7.60. The molecule has 174 valence electrons. The van der Waals surface area contributed by atoms with Crippen LogP contribution in [0.1, 0.15) is 29.5 Å². The third-order valence-electron chi connectivity index (χ3n) is 4.33. The number of ether oxygens (including phenoxy) is 2. The molecule has 0 unspecified atom stereocenters. The van der Waals surface area contributed by atoms with Crippen LogP contribution in [-0.4, -0.2) is 25.0 Å². The highest BCUT2D eigenvalue weighted by Crippen LogP contribution is 2.37. The van der Waals surface area contributed by atoms with Crippen LogP contribution in [0.2, 0.25) is 0 Å². The number of nitrogens with one attached hydrogen (secondary N) is 2. The van der Waals surface area contributed by atoms with Crippen LogP contribution < -0.4 is 20.1 Å². The van der Waals surface area contributed by atoms with Gasteiger partial charge in [-0.05, 0) is 61.5 Å². The van der Waals surface area contributed by atoms with Crippen LogP contribution in [0.5, 0.6) is 17.2 Å². The van der Waals surface area contributed by atoms with E-state index in [1.807, 2.05) is 6.92 Å². The number of hydrogen-bond acceptors (Lipinski definition) is 5. The van der Waals surface area contributed by atoms with Gasteiger partial charge in [-0.25, -0.2) is 0 Å². The quantitative estimate of drug-likeness (QED) is 0.454. The Hall–Kier alpha value is -3.95. The van der Waals surface area contributed by atoms with Crippen molar-refractivity contribution in [1.82, 2.24) is 5.32 Å². The molecule has 3 aromatic rings. The summed E-state index contributed by atoms with van der Waals surface area (Å²) in [4.78, 5) is 24.2. The number of furan rings is 1. The Morgan fingerprint density at radius 2 is 1.76 bits per heavy atom. The SMILES string of the molecule is CCOc1ccc(Oc2ccc(C(F)(F)F)cc2NC(=O)CCNC(=O)c2ccco2)cc1. The van der Waals surface area contributed by atoms with Crippen molar-refractivity contribution in [2.45, 2.75) is 19.5 Å². The molecule has 0 fully saturated rings. The van der Waals surface area contributed by atoms with Gasteiger partial charge in [0.05, 0.1) is 24.1 Å². The van der Waals surface area contributed by atoms with Crippen LogP contribution in [-0.2, 0) is 11.0 Å². The van der Waals surface area contributed by atoms with Gasteiger partial charge in [-0.2, -0.15) is 13.2 Å². The molecule has 0 saturated carbocycles. The lowest BCUT2D eigenvalue weighted by Gasteiger charge is -2.15. The van der Waals surface area contributed by atoms with Gasteiger partial charge in [-0.1, -0.05) is 0 Å². The molecule has 1 heterocycles. The minimum Gasteiger partial charge on any atom is -0.494 e. The van der Waals surface area contributed by atoms with E-state index in [9.17, 15) is 22.8 Å². The van der Waals surface area contributed by atoms with Crippen LogP contribution >= 0.6 is 0 Å². The fraction of sp³-hybridized carbons (Fsp3) is 0.217. The van der Waals surface area contributed by atoms with Gasteiger partial charge >= 0.3 is 6.18 Å². The van der Waals surface area contributed by atoms with Crippen molar-refractivity contribution in [2.24, 2.45) is 0 Å². The van der Waals surface area contributed by atoms with Crippen molar-refractivity contribution < 1.29 is 36.7 Å². The zero-order chi connectivity index (χ0) is 23.8. The van der Waals surface area contributed by atoms with E-state index < -0.39 is 23.6 Å². The van der Waals surface area contributed by atoms with Crippen LogP contribution in [0.15, 0.2) is 65.3 Å². The maximum atomic E-state index is 13.2. The standard InChI is InChI=1S/C23H21F3N2O5/c1-2-31-16-6-8-17(9-7-16)33-19-10-5-15(23(24,25)26)14-18(19)28-21(29)11-12-27-22(30)20-4-3-13-32-20/h3-10,13-14H,2,11-12H2,1H3,(H,27,30)(H,28,29). The Balaban J connectivity index is 1.69. The summed E-state index contributed by atoms with van der Waals surface area (Å²) in [6, 6.07) is 12.3. The van der Waals surface area contributed by atoms with Gasteiger partial charge in [0.2, 0.25) is 5.91 Å². The summed E-state index contributed by atoms with van der Waals surface area (Å²) in [5, 5.41) is 4.91. The summed E-state index contributed by atoms with van der Waals surface area (Å²) in [5.41, 5.74) is -1.09. The second-order valence-corrected chi connectivity index (χ2v) is 6.75. The molecule has 0 aliphatic rings. The van der Waals surface area contributed by atoms with E-state index >= 15 is 0 Å². The molecule has 2 N–H and O–H groups in total. The molecule has 0 saturated heterocycles. The highest BCUT2D eigenvalue weighted by molar-refractivity contribution is 5.94. The molecule has 7 nitrogen and oxygen atoms in total.